The van der Waals surface area contributed by atoms with Gasteiger partial charge in [-0.25, -0.2) is 0 Å². The molecule has 0 saturated heterocycles. The maximum absolute atomic E-state index is 5.45. The van der Waals surface area contributed by atoms with Crippen LogP contribution in [0.3, 0.4) is 0 Å². The Morgan fingerprint density at radius 3 is 2.41 bits per heavy atom. The zero-order valence-corrected chi connectivity index (χ0v) is 13.1. The van der Waals surface area contributed by atoms with Gasteiger partial charge in [0.1, 0.15) is 12.4 Å². The van der Waals surface area contributed by atoms with Gasteiger partial charge >= 0.3 is 0 Å². The third-order valence-electron chi connectivity index (χ3n) is 2.07. The van der Waals surface area contributed by atoms with Gasteiger partial charge in [-0.1, -0.05) is 19.8 Å². The summed E-state index contributed by atoms with van der Waals surface area (Å²) in [6, 6.07) is 4.53. The van der Waals surface area contributed by atoms with Crippen LogP contribution >= 0.6 is 31.9 Å². The van der Waals surface area contributed by atoms with Crippen molar-refractivity contribution in [3.63, 3.8) is 0 Å². The molecule has 1 aromatic rings. The van der Waals surface area contributed by atoms with Crippen molar-refractivity contribution in [1.29, 1.82) is 0 Å². The molecule has 0 aliphatic carbocycles. The number of terminal acetylenes is 1. The van der Waals surface area contributed by atoms with Gasteiger partial charge < -0.3 is 10.1 Å². The Hall–Kier alpha value is -0.500. The van der Waals surface area contributed by atoms with E-state index >= 15 is 0 Å². The van der Waals surface area contributed by atoms with E-state index in [0.717, 1.165) is 21.2 Å². The van der Waals surface area contributed by atoms with Crippen molar-refractivity contribution in [2.75, 3.05) is 6.61 Å². The van der Waals surface area contributed by atoms with Crippen LogP contribution in [0.5, 0.6) is 5.75 Å². The fourth-order valence-corrected chi connectivity index (χ4v) is 2.80. The van der Waals surface area contributed by atoms with E-state index in [0.29, 0.717) is 6.04 Å². The Balaban J connectivity index is 2.82. The number of nitrogens with one attached hydrogen (secondary N) is 1. The highest BCUT2D eigenvalue weighted by molar-refractivity contribution is 9.11. The molecule has 0 bridgehead atoms. The van der Waals surface area contributed by atoms with Gasteiger partial charge in [-0.2, -0.15) is 0 Å². The van der Waals surface area contributed by atoms with Crippen molar-refractivity contribution in [1.82, 2.24) is 5.32 Å². The Morgan fingerprint density at radius 1 is 1.35 bits per heavy atom. The van der Waals surface area contributed by atoms with E-state index in [2.05, 4.69) is 56.9 Å². The van der Waals surface area contributed by atoms with Gasteiger partial charge in [0.15, 0.2) is 0 Å². The van der Waals surface area contributed by atoms with Gasteiger partial charge in [-0.3, -0.25) is 0 Å². The van der Waals surface area contributed by atoms with E-state index in [4.69, 9.17) is 11.2 Å². The molecule has 17 heavy (non-hydrogen) atoms. The minimum atomic E-state index is 0.265. The predicted molar refractivity (Wildman–Crippen MR) is 78.1 cm³/mol. The zero-order valence-electron chi connectivity index (χ0n) is 9.89. The van der Waals surface area contributed by atoms with Crippen LogP contribution in [0.4, 0.5) is 0 Å². The number of hydrogen-bond acceptors (Lipinski definition) is 2. The summed E-state index contributed by atoms with van der Waals surface area (Å²) in [5.74, 6) is 3.20. The fourth-order valence-electron chi connectivity index (χ4n) is 1.29. The second-order valence-corrected chi connectivity index (χ2v) is 5.63. The lowest BCUT2D eigenvalue weighted by molar-refractivity contribution is 0.365. The molecule has 1 N–H and O–H groups in total. The van der Waals surface area contributed by atoms with Crippen LogP contribution < -0.4 is 10.1 Å². The van der Waals surface area contributed by atoms with E-state index < -0.39 is 0 Å². The van der Waals surface area contributed by atoms with Crippen LogP contribution in [0.2, 0.25) is 0 Å². The van der Waals surface area contributed by atoms with Gasteiger partial charge in [0.2, 0.25) is 0 Å². The minimum absolute atomic E-state index is 0.265. The third-order valence-corrected chi connectivity index (χ3v) is 3.25. The Morgan fingerprint density at radius 2 is 1.94 bits per heavy atom. The Labute approximate surface area is 119 Å². The smallest absolute Gasteiger partial charge is 0.149 e. The number of halogens is 2. The molecule has 0 fully saturated rings. The monoisotopic (exact) mass is 359 g/mol. The molecule has 1 aromatic carbocycles. The standard InChI is InChI=1S/C13H15Br2NO/c1-4-5-17-13-11(14)6-10(7-12(13)15)8-16-9(2)3/h1,6-7,9,16H,5,8H2,2-3H3. The van der Waals surface area contributed by atoms with Gasteiger partial charge in [-0.05, 0) is 49.6 Å². The second kappa shape index (κ2) is 7.05. The molecule has 0 atom stereocenters. The molecule has 0 spiro atoms. The first-order valence-corrected chi connectivity index (χ1v) is 6.90. The van der Waals surface area contributed by atoms with E-state index in [1.54, 1.807) is 0 Å². The highest BCUT2D eigenvalue weighted by Gasteiger charge is 2.08. The van der Waals surface area contributed by atoms with Crippen molar-refractivity contribution in [3.05, 3.63) is 26.6 Å². The summed E-state index contributed by atoms with van der Waals surface area (Å²) in [4.78, 5) is 0. The number of ether oxygens (including phenoxy) is 1. The molecular formula is C13H15Br2NO. The quantitative estimate of drug-likeness (QED) is 0.808. The predicted octanol–water partition coefficient (Wildman–Crippen LogP) is 3.72. The van der Waals surface area contributed by atoms with Crippen molar-refractivity contribution in [2.24, 2.45) is 0 Å². The molecule has 0 aliphatic heterocycles. The molecule has 0 aromatic heterocycles. The lowest BCUT2D eigenvalue weighted by Crippen LogP contribution is -2.21. The van der Waals surface area contributed by atoms with E-state index in [-0.39, 0.29) is 6.61 Å². The van der Waals surface area contributed by atoms with E-state index in [1.165, 1.54) is 5.56 Å². The Kier molecular flexibility index (Phi) is 6.04. The molecular weight excluding hydrogens is 346 g/mol. The highest BCUT2D eigenvalue weighted by Crippen LogP contribution is 2.34. The first kappa shape index (κ1) is 14.6. The first-order valence-electron chi connectivity index (χ1n) is 5.32. The maximum Gasteiger partial charge on any atom is 0.149 e. The molecule has 0 aliphatic rings. The van der Waals surface area contributed by atoms with Crippen LogP contribution in [-0.4, -0.2) is 12.6 Å². The Bertz CT molecular complexity index is 401. The summed E-state index contributed by atoms with van der Waals surface area (Å²) in [6.45, 7) is 5.33. The molecule has 0 amide bonds. The molecule has 0 unspecified atom stereocenters. The molecule has 2 nitrogen and oxygen atoms in total. The molecule has 4 heteroatoms. The van der Waals surface area contributed by atoms with Gasteiger partial charge in [0.25, 0.3) is 0 Å². The van der Waals surface area contributed by atoms with Crippen LogP contribution in [0, 0.1) is 12.3 Å². The van der Waals surface area contributed by atoms with Crippen LogP contribution in [0.15, 0.2) is 21.1 Å². The molecule has 0 saturated carbocycles. The summed E-state index contributed by atoms with van der Waals surface area (Å²) < 4.78 is 7.26. The largest absolute Gasteiger partial charge is 0.479 e. The number of benzene rings is 1. The minimum Gasteiger partial charge on any atom is -0.479 e. The molecule has 92 valence electrons. The average Bonchev–Trinajstić information content (AvgIpc) is 2.25. The van der Waals surface area contributed by atoms with Crippen molar-refractivity contribution in [3.8, 4) is 18.1 Å². The fraction of sp³-hybridized carbons (Fsp3) is 0.385. The van der Waals surface area contributed by atoms with Crippen LogP contribution in [0.25, 0.3) is 0 Å². The molecule has 1 rings (SSSR count). The summed E-state index contributed by atoms with van der Waals surface area (Å²) >= 11 is 6.97. The van der Waals surface area contributed by atoms with Crippen LogP contribution in [-0.2, 0) is 6.54 Å². The topological polar surface area (TPSA) is 21.3 Å². The molecule has 0 heterocycles. The van der Waals surface area contributed by atoms with Gasteiger partial charge in [0, 0.05) is 12.6 Å². The third kappa shape index (κ3) is 4.71. The number of rotatable bonds is 5. The maximum atomic E-state index is 5.45. The summed E-state index contributed by atoms with van der Waals surface area (Å²) in [5.41, 5.74) is 1.19. The highest BCUT2D eigenvalue weighted by atomic mass is 79.9. The van der Waals surface area contributed by atoms with E-state index in [9.17, 15) is 0 Å². The first-order chi connectivity index (χ1) is 8.04. The SMILES string of the molecule is C#CCOc1c(Br)cc(CNC(C)C)cc1Br. The van der Waals surface area contributed by atoms with Gasteiger partial charge in [0.05, 0.1) is 8.95 Å². The van der Waals surface area contributed by atoms with Crippen LogP contribution in [0.1, 0.15) is 19.4 Å². The molecule has 0 radical (unpaired) electrons. The lowest BCUT2D eigenvalue weighted by atomic mass is 10.2. The average molecular weight is 361 g/mol. The lowest BCUT2D eigenvalue weighted by Gasteiger charge is -2.12. The summed E-state index contributed by atoms with van der Waals surface area (Å²) in [6.07, 6.45) is 5.17. The van der Waals surface area contributed by atoms with E-state index in [1.807, 2.05) is 12.1 Å². The number of hydrogen-bond donors (Lipinski definition) is 1. The van der Waals surface area contributed by atoms with Crippen molar-refractivity contribution >= 4 is 31.9 Å². The summed E-state index contributed by atoms with van der Waals surface area (Å²) in [7, 11) is 0. The summed E-state index contributed by atoms with van der Waals surface area (Å²) in [5, 5.41) is 3.36. The van der Waals surface area contributed by atoms with Crippen molar-refractivity contribution in [2.45, 2.75) is 26.4 Å². The van der Waals surface area contributed by atoms with Gasteiger partial charge in [-0.15, -0.1) is 6.42 Å². The normalized spacial score (nSPS) is 10.4. The zero-order chi connectivity index (χ0) is 12.8. The second-order valence-electron chi connectivity index (χ2n) is 3.92. The van der Waals surface area contributed by atoms with Crippen molar-refractivity contribution < 1.29 is 4.74 Å².